The molecule has 4 aromatic rings. The molecular formula is C27H24ClN3O. The van der Waals surface area contributed by atoms with E-state index < -0.39 is 0 Å². The highest BCUT2D eigenvalue weighted by Gasteiger charge is 2.25. The molecule has 0 bridgehead atoms. The maximum atomic E-state index is 12.7. The molecule has 3 aromatic carbocycles. The van der Waals surface area contributed by atoms with Crippen LogP contribution in [0.5, 0.6) is 0 Å². The fourth-order valence-electron chi connectivity index (χ4n) is 4.46. The SMILES string of the molecule is Cc1cc(N2CCC(c3ccccc3)C2)c2cc(NC(=O)c3ccc(Cl)cc3)ccc2n1. The molecular weight excluding hydrogens is 418 g/mol. The summed E-state index contributed by atoms with van der Waals surface area (Å²) in [5.74, 6) is 0.362. The van der Waals surface area contributed by atoms with Crippen molar-refractivity contribution in [1.29, 1.82) is 0 Å². The van der Waals surface area contributed by atoms with E-state index in [0.29, 0.717) is 16.5 Å². The lowest BCUT2D eigenvalue weighted by molar-refractivity contribution is 0.102. The number of aromatic nitrogens is 1. The third-order valence-corrected chi connectivity index (χ3v) is 6.33. The minimum atomic E-state index is -0.159. The quantitative estimate of drug-likeness (QED) is 0.396. The summed E-state index contributed by atoms with van der Waals surface area (Å²) >= 11 is 5.94. The van der Waals surface area contributed by atoms with Gasteiger partial charge < -0.3 is 10.2 Å². The molecule has 160 valence electrons. The van der Waals surface area contributed by atoms with Gasteiger partial charge in [-0.2, -0.15) is 0 Å². The van der Waals surface area contributed by atoms with Gasteiger partial charge in [-0.1, -0.05) is 41.9 Å². The number of nitrogens with one attached hydrogen (secondary N) is 1. The van der Waals surface area contributed by atoms with Gasteiger partial charge in [0, 0.05) is 52.0 Å². The topological polar surface area (TPSA) is 45.2 Å². The maximum absolute atomic E-state index is 12.7. The second kappa shape index (κ2) is 8.64. The van der Waals surface area contributed by atoms with E-state index in [2.05, 4.69) is 46.6 Å². The first-order valence-corrected chi connectivity index (χ1v) is 11.2. The summed E-state index contributed by atoms with van der Waals surface area (Å²) in [6.07, 6.45) is 1.12. The van der Waals surface area contributed by atoms with Crippen molar-refractivity contribution in [3.8, 4) is 0 Å². The van der Waals surface area contributed by atoms with E-state index in [4.69, 9.17) is 16.6 Å². The number of anilines is 2. The van der Waals surface area contributed by atoms with Crippen LogP contribution in [0.1, 0.15) is 34.0 Å². The molecule has 2 heterocycles. The van der Waals surface area contributed by atoms with E-state index >= 15 is 0 Å². The number of nitrogens with zero attached hydrogens (tertiary/aromatic N) is 2. The van der Waals surface area contributed by atoms with Gasteiger partial charge in [-0.05, 0) is 67.4 Å². The highest BCUT2D eigenvalue weighted by Crippen LogP contribution is 2.35. The van der Waals surface area contributed by atoms with E-state index in [1.54, 1.807) is 24.3 Å². The van der Waals surface area contributed by atoms with Crippen molar-refractivity contribution in [2.45, 2.75) is 19.3 Å². The lowest BCUT2D eigenvalue weighted by Gasteiger charge is -2.22. The molecule has 5 heteroatoms. The van der Waals surface area contributed by atoms with Crippen LogP contribution >= 0.6 is 11.6 Å². The van der Waals surface area contributed by atoms with Crippen LogP contribution in [0.25, 0.3) is 10.9 Å². The zero-order chi connectivity index (χ0) is 22.1. The van der Waals surface area contributed by atoms with E-state index in [-0.39, 0.29) is 5.91 Å². The van der Waals surface area contributed by atoms with E-state index in [0.717, 1.165) is 41.8 Å². The fourth-order valence-corrected chi connectivity index (χ4v) is 4.58. The lowest BCUT2D eigenvalue weighted by Crippen LogP contribution is -2.20. The summed E-state index contributed by atoms with van der Waals surface area (Å²) in [4.78, 5) is 19.8. The van der Waals surface area contributed by atoms with Crippen LogP contribution in [-0.4, -0.2) is 24.0 Å². The Balaban J connectivity index is 1.44. The number of fused-ring (bicyclic) bond motifs is 1. The van der Waals surface area contributed by atoms with Crippen LogP contribution in [0.4, 0.5) is 11.4 Å². The average Bonchev–Trinajstić information content (AvgIpc) is 3.30. The molecule has 1 saturated heterocycles. The van der Waals surface area contributed by atoms with Gasteiger partial charge in [0.15, 0.2) is 0 Å². The van der Waals surface area contributed by atoms with Gasteiger partial charge in [-0.3, -0.25) is 9.78 Å². The molecule has 1 amide bonds. The first kappa shape index (κ1) is 20.5. The van der Waals surface area contributed by atoms with Crippen LogP contribution in [0, 0.1) is 6.92 Å². The third kappa shape index (κ3) is 4.19. The normalized spacial score (nSPS) is 15.8. The Kier molecular flexibility index (Phi) is 5.54. The Bertz CT molecular complexity index is 1270. The number of aryl methyl sites for hydroxylation is 1. The molecule has 1 fully saturated rings. The standard InChI is InChI=1S/C27H24ClN3O/c1-18-15-26(31-14-13-21(17-31)19-5-3-2-4-6-19)24-16-23(11-12-25(24)29-18)30-27(32)20-7-9-22(28)10-8-20/h2-12,15-16,21H,13-14,17H2,1H3,(H,30,32). The number of amides is 1. The molecule has 32 heavy (non-hydrogen) atoms. The van der Waals surface area contributed by atoms with E-state index in [1.165, 1.54) is 11.3 Å². The summed E-state index contributed by atoms with van der Waals surface area (Å²) in [7, 11) is 0. The molecule has 5 rings (SSSR count). The van der Waals surface area contributed by atoms with Crippen molar-refractivity contribution in [2.24, 2.45) is 0 Å². The van der Waals surface area contributed by atoms with Gasteiger partial charge in [0.25, 0.3) is 5.91 Å². The number of carbonyl (C=O) groups is 1. The molecule has 0 spiro atoms. The van der Waals surface area contributed by atoms with Crippen molar-refractivity contribution in [1.82, 2.24) is 4.98 Å². The van der Waals surface area contributed by atoms with Gasteiger partial charge in [0.05, 0.1) is 5.52 Å². The number of rotatable bonds is 4. The number of pyridine rings is 1. The lowest BCUT2D eigenvalue weighted by atomic mass is 9.99. The molecule has 1 unspecified atom stereocenters. The minimum absolute atomic E-state index is 0.159. The number of carbonyl (C=O) groups excluding carboxylic acids is 1. The fraction of sp³-hybridized carbons (Fsp3) is 0.185. The van der Waals surface area contributed by atoms with E-state index in [9.17, 15) is 4.79 Å². The maximum Gasteiger partial charge on any atom is 0.255 e. The Morgan fingerprint density at radius 1 is 1.03 bits per heavy atom. The van der Waals surface area contributed by atoms with Gasteiger partial charge in [0.1, 0.15) is 0 Å². The Labute approximate surface area is 192 Å². The molecule has 1 aliphatic heterocycles. The van der Waals surface area contributed by atoms with Crippen molar-refractivity contribution in [3.05, 3.63) is 101 Å². The number of halogens is 1. The van der Waals surface area contributed by atoms with Crippen LogP contribution < -0.4 is 10.2 Å². The summed E-state index contributed by atoms with van der Waals surface area (Å²) in [5, 5.41) is 4.67. The van der Waals surface area contributed by atoms with Gasteiger partial charge in [-0.15, -0.1) is 0 Å². The second-order valence-corrected chi connectivity index (χ2v) is 8.75. The number of hydrogen-bond acceptors (Lipinski definition) is 3. The molecule has 0 saturated carbocycles. The minimum Gasteiger partial charge on any atom is -0.370 e. The van der Waals surface area contributed by atoms with Crippen molar-refractivity contribution in [2.75, 3.05) is 23.3 Å². The Hall–Kier alpha value is -3.37. The highest BCUT2D eigenvalue weighted by molar-refractivity contribution is 6.30. The first-order valence-electron chi connectivity index (χ1n) is 10.8. The smallest absolute Gasteiger partial charge is 0.255 e. The van der Waals surface area contributed by atoms with Crippen LogP contribution in [0.15, 0.2) is 78.9 Å². The predicted molar refractivity (Wildman–Crippen MR) is 132 cm³/mol. The summed E-state index contributed by atoms with van der Waals surface area (Å²) < 4.78 is 0. The van der Waals surface area contributed by atoms with Crippen LogP contribution in [0.3, 0.4) is 0 Å². The van der Waals surface area contributed by atoms with Crippen LogP contribution in [-0.2, 0) is 0 Å². The van der Waals surface area contributed by atoms with Crippen molar-refractivity contribution in [3.63, 3.8) is 0 Å². The van der Waals surface area contributed by atoms with Gasteiger partial charge in [0.2, 0.25) is 0 Å². The zero-order valence-electron chi connectivity index (χ0n) is 17.9. The molecule has 1 N–H and O–H groups in total. The second-order valence-electron chi connectivity index (χ2n) is 8.32. The first-order chi connectivity index (χ1) is 15.6. The molecule has 1 atom stereocenters. The van der Waals surface area contributed by atoms with Gasteiger partial charge >= 0.3 is 0 Å². The Morgan fingerprint density at radius 3 is 2.59 bits per heavy atom. The molecule has 0 radical (unpaired) electrons. The number of benzene rings is 3. The molecule has 1 aliphatic rings. The zero-order valence-corrected chi connectivity index (χ0v) is 18.6. The highest BCUT2D eigenvalue weighted by atomic mass is 35.5. The predicted octanol–water partition coefficient (Wildman–Crippen LogP) is 6.44. The van der Waals surface area contributed by atoms with Crippen LogP contribution in [0.2, 0.25) is 5.02 Å². The summed E-state index contributed by atoms with van der Waals surface area (Å²) in [6, 6.07) is 25.7. The summed E-state index contributed by atoms with van der Waals surface area (Å²) in [5.41, 5.74) is 5.82. The Morgan fingerprint density at radius 2 is 1.81 bits per heavy atom. The summed E-state index contributed by atoms with van der Waals surface area (Å²) in [6.45, 7) is 4.01. The molecule has 4 nitrogen and oxygen atoms in total. The third-order valence-electron chi connectivity index (χ3n) is 6.08. The largest absolute Gasteiger partial charge is 0.370 e. The molecule has 1 aromatic heterocycles. The van der Waals surface area contributed by atoms with Gasteiger partial charge in [-0.25, -0.2) is 0 Å². The monoisotopic (exact) mass is 441 g/mol. The number of hydrogen-bond donors (Lipinski definition) is 1. The van der Waals surface area contributed by atoms with E-state index in [1.807, 2.05) is 25.1 Å². The molecule has 0 aliphatic carbocycles. The average molecular weight is 442 g/mol. The van der Waals surface area contributed by atoms with Crippen molar-refractivity contribution >= 4 is 39.8 Å². The van der Waals surface area contributed by atoms with Crippen molar-refractivity contribution < 1.29 is 4.79 Å².